The lowest BCUT2D eigenvalue weighted by Gasteiger charge is -2.36. The number of phenols is 1. The molecule has 0 aromatic heterocycles. The molecule has 2 heterocycles. The highest BCUT2D eigenvalue weighted by molar-refractivity contribution is 6.03. The Labute approximate surface area is 189 Å². The summed E-state index contributed by atoms with van der Waals surface area (Å²) in [5.41, 5.74) is 3.48. The molecule has 32 heavy (non-hydrogen) atoms. The number of aromatic hydroxyl groups is 1. The lowest BCUT2D eigenvalue weighted by Crippen LogP contribution is -2.64. The fourth-order valence-electron chi connectivity index (χ4n) is 4.04. The number of hydrogen-bond acceptors (Lipinski definition) is 7. The quantitative estimate of drug-likeness (QED) is 0.277. The van der Waals surface area contributed by atoms with Gasteiger partial charge in [0.2, 0.25) is 5.96 Å². The van der Waals surface area contributed by atoms with E-state index in [4.69, 9.17) is 0 Å². The van der Waals surface area contributed by atoms with Crippen molar-refractivity contribution in [2.45, 2.75) is 70.5 Å². The van der Waals surface area contributed by atoms with Crippen LogP contribution in [0.4, 0.5) is 4.79 Å². The molecular formula is C23H34N6O3. The van der Waals surface area contributed by atoms with Gasteiger partial charge in [0.25, 0.3) is 5.91 Å². The second kappa shape index (κ2) is 11.5. The van der Waals surface area contributed by atoms with Crippen molar-refractivity contribution in [3.8, 4) is 5.75 Å². The van der Waals surface area contributed by atoms with Gasteiger partial charge in [-0.25, -0.2) is 15.2 Å². The molecule has 9 heteroatoms. The number of carbonyl (C=O) groups is 2. The first kappa shape index (κ1) is 23.6. The Balaban J connectivity index is 1.61. The smallest absolute Gasteiger partial charge is 0.325 e. The van der Waals surface area contributed by atoms with Gasteiger partial charge < -0.3 is 14.9 Å². The molecule has 0 aliphatic carbocycles. The van der Waals surface area contributed by atoms with Gasteiger partial charge in [0.1, 0.15) is 5.75 Å². The highest BCUT2D eigenvalue weighted by Gasteiger charge is 2.48. The number of nitrogens with one attached hydrogen (secondary N) is 2. The fourth-order valence-corrected chi connectivity index (χ4v) is 4.04. The number of urea groups is 1. The third kappa shape index (κ3) is 5.77. The van der Waals surface area contributed by atoms with Crippen molar-refractivity contribution in [2.24, 2.45) is 10.1 Å². The number of unbranched alkanes of at least 4 members (excludes halogenated alkanes) is 7. The van der Waals surface area contributed by atoms with Crippen molar-refractivity contribution in [2.75, 3.05) is 13.6 Å². The first-order chi connectivity index (χ1) is 15.5. The number of fused-ring (bicyclic) bond motifs is 1. The molecule has 0 spiro atoms. The van der Waals surface area contributed by atoms with Crippen LogP contribution in [0, 0.1) is 0 Å². The molecule has 2 aliphatic rings. The van der Waals surface area contributed by atoms with E-state index in [9.17, 15) is 14.7 Å². The van der Waals surface area contributed by atoms with Crippen LogP contribution < -0.4 is 10.7 Å². The van der Waals surface area contributed by atoms with Crippen molar-refractivity contribution >= 4 is 24.1 Å². The molecule has 3 N–H and O–H groups in total. The molecule has 1 aromatic rings. The van der Waals surface area contributed by atoms with E-state index in [1.54, 1.807) is 25.2 Å². The van der Waals surface area contributed by atoms with Gasteiger partial charge in [-0.1, -0.05) is 64.0 Å². The summed E-state index contributed by atoms with van der Waals surface area (Å²) in [5, 5.41) is 16.5. The van der Waals surface area contributed by atoms with Crippen molar-refractivity contribution in [1.29, 1.82) is 0 Å². The molecule has 9 nitrogen and oxygen atoms in total. The summed E-state index contributed by atoms with van der Waals surface area (Å²) in [6.07, 6.45) is 10.4. The number of hydrazone groups is 1. The number of para-hydroxylation sites is 1. The van der Waals surface area contributed by atoms with Crippen LogP contribution in [0.1, 0.15) is 63.9 Å². The Kier molecular flexibility index (Phi) is 8.47. The Morgan fingerprint density at radius 3 is 2.53 bits per heavy atom. The van der Waals surface area contributed by atoms with Gasteiger partial charge in [0.15, 0.2) is 12.2 Å². The third-order valence-electron chi connectivity index (χ3n) is 5.92. The van der Waals surface area contributed by atoms with Crippen molar-refractivity contribution < 1.29 is 14.7 Å². The van der Waals surface area contributed by atoms with Crippen LogP contribution in [0.25, 0.3) is 0 Å². The zero-order chi connectivity index (χ0) is 22.9. The summed E-state index contributed by atoms with van der Waals surface area (Å²) in [6, 6.07) is 5.85. The number of guanidine groups is 1. The lowest BCUT2D eigenvalue weighted by molar-refractivity contribution is -0.127. The predicted molar refractivity (Wildman–Crippen MR) is 124 cm³/mol. The fraction of sp³-hybridized carbons (Fsp3) is 0.565. The standard InChI is InChI=1S/C23H34N6O3/c1-3-4-5-6-7-8-9-12-15-29-19-20(28(2)23(32)26-21(19)31)25-22(29)27-24-16-17-13-10-11-14-18(17)30/h10-11,13-14,16,19-20,30H,3-9,12,15H2,1-2H3,(H,25,27)(H,26,31,32)/b24-16-. The normalized spacial score (nSPS) is 20.5. The minimum absolute atomic E-state index is 0.126. The topological polar surface area (TPSA) is 110 Å². The molecule has 3 amide bonds. The Bertz CT molecular complexity index is 856. The predicted octanol–water partition coefficient (Wildman–Crippen LogP) is 3.00. The SMILES string of the molecule is CCCCCCCCCCN1C(N/N=C\c2ccccc2O)=NC2C1C(=O)NC(=O)N2C. The molecule has 2 aliphatic heterocycles. The summed E-state index contributed by atoms with van der Waals surface area (Å²) in [4.78, 5) is 32.5. The van der Waals surface area contributed by atoms with E-state index < -0.39 is 18.2 Å². The van der Waals surface area contributed by atoms with Gasteiger partial charge >= 0.3 is 6.03 Å². The van der Waals surface area contributed by atoms with E-state index in [2.05, 4.69) is 27.8 Å². The Morgan fingerprint density at radius 2 is 1.81 bits per heavy atom. The van der Waals surface area contributed by atoms with E-state index in [1.165, 1.54) is 49.6 Å². The van der Waals surface area contributed by atoms with Crippen molar-refractivity contribution in [3.05, 3.63) is 29.8 Å². The maximum Gasteiger partial charge on any atom is 0.325 e. The van der Waals surface area contributed by atoms with Crippen LogP contribution in [0.3, 0.4) is 0 Å². The molecule has 174 valence electrons. The van der Waals surface area contributed by atoms with E-state index in [-0.39, 0.29) is 11.7 Å². The first-order valence-corrected chi connectivity index (χ1v) is 11.5. The lowest BCUT2D eigenvalue weighted by atomic mass is 10.1. The zero-order valence-electron chi connectivity index (χ0n) is 19.0. The Morgan fingerprint density at radius 1 is 1.12 bits per heavy atom. The van der Waals surface area contributed by atoms with Crippen LogP contribution in [0.15, 0.2) is 34.4 Å². The largest absolute Gasteiger partial charge is 0.507 e. The molecule has 0 bridgehead atoms. The number of carbonyl (C=O) groups excluding carboxylic acids is 2. The summed E-state index contributed by atoms with van der Waals surface area (Å²) in [5.74, 6) is 0.231. The van der Waals surface area contributed by atoms with Gasteiger partial charge in [-0.3, -0.25) is 10.1 Å². The second-order valence-electron chi connectivity index (χ2n) is 8.31. The number of aliphatic imine (C=N–C) groups is 1. The Hall–Kier alpha value is -3.10. The summed E-state index contributed by atoms with van der Waals surface area (Å²) < 4.78 is 0. The van der Waals surface area contributed by atoms with Crippen molar-refractivity contribution in [3.63, 3.8) is 0 Å². The first-order valence-electron chi connectivity index (χ1n) is 11.5. The third-order valence-corrected chi connectivity index (χ3v) is 5.92. The average Bonchev–Trinajstić information content (AvgIpc) is 3.14. The molecule has 0 saturated carbocycles. The van der Waals surface area contributed by atoms with E-state index in [0.717, 1.165) is 12.8 Å². The number of likely N-dealkylation sites (N-methyl/N-ethyl adjacent to an activating group) is 1. The van der Waals surface area contributed by atoms with Gasteiger partial charge in [-0.15, -0.1) is 0 Å². The van der Waals surface area contributed by atoms with E-state index >= 15 is 0 Å². The average molecular weight is 443 g/mol. The van der Waals surface area contributed by atoms with Gasteiger partial charge in [0.05, 0.1) is 6.21 Å². The van der Waals surface area contributed by atoms with Crippen LogP contribution >= 0.6 is 0 Å². The number of phenolic OH excluding ortho intramolecular Hbond substituents is 1. The minimum Gasteiger partial charge on any atom is -0.507 e. The molecule has 1 saturated heterocycles. The maximum atomic E-state index is 12.6. The maximum absolute atomic E-state index is 12.6. The zero-order valence-corrected chi connectivity index (χ0v) is 19.0. The molecular weight excluding hydrogens is 408 g/mol. The van der Waals surface area contributed by atoms with Crippen LogP contribution in [-0.4, -0.2) is 64.8 Å². The summed E-state index contributed by atoms with van der Waals surface area (Å²) in [7, 11) is 1.63. The number of nitrogens with zero attached hydrogens (tertiary/aromatic N) is 4. The van der Waals surface area contributed by atoms with E-state index in [1.807, 2.05) is 11.0 Å². The highest BCUT2D eigenvalue weighted by Crippen LogP contribution is 2.24. The number of benzene rings is 1. The van der Waals surface area contributed by atoms with Gasteiger partial charge in [0, 0.05) is 19.2 Å². The molecule has 3 rings (SSSR count). The number of hydrogen-bond donors (Lipinski definition) is 3. The van der Waals surface area contributed by atoms with Crippen LogP contribution in [0.5, 0.6) is 5.75 Å². The number of rotatable bonds is 11. The van der Waals surface area contributed by atoms with Gasteiger partial charge in [-0.2, -0.15) is 5.10 Å². The highest BCUT2D eigenvalue weighted by atomic mass is 16.3. The second-order valence-corrected chi connectivity index (χ2v) is 8.31. The summed E-state index contributed by atoms with van der Waals surface area (Å²) in [6.45, 7) is 2.86. The molecule has 2 unspecified atom stereocenters. The number of imide groups is 1. The van der Waals surface area contributed by atoms with E-state index in [0.29, 0.717) is 18.1 Å². The molecule has 2 atom stereocenters. The number of amides is 3. The minimum atomic E-state index is -0.590. The molecule has 1 aromatic carbocycles. The van der Waals surface area contributed by atoms with Crippen LogP contribution in [-0.2, 0) is 4.79 Å². The molecule has 1 fully saturated rings. The summed E-state index contributed by atoms with van der Waals surface area (Å²) >= 11 is 0. The van der Waals surface area contributed by atoms with Crippen LogP contribution in [0.2, 0.25) is 0 Å². The monoisotopic (exact) mass is 442 g/mol. The van der Waals surface area contributed by atoms with Crippen molar-refractivity contribution in [1.82, 2.24) is 20.5 Å². The molecule has 0 radical (unpaired) electrons. The van der Waals surface area contributed by atoms with Gasteiger partial charge in [-0.05, 0) is 18.6 Å².